The molecule has 8 heteroatoms. The predicted octanol–water partition coefficient (Wildman–Crippen LogP) is 3.67. The first-order chi connectivity index (χ1) is 17.0. The van der Waals surface area contributed by atoms with Gasteiger partial charge in [-0.1, -0.05) is 36.4 Å². The van der Waals surface area contributed by atoms with Crippen LogP contribution in [0.15, 0.2) is 54.6 Å². The molecule has 1 aliphatic heterocycles. The largest absolute Gasteiger partial charge is 0.490 e. The molecule has 5 rings (SSSR count). The monoisotopic (exact) mass is 471 g/mol. The Hall–Kier alpha value is -3.91. The zero-order valence-electron chi connectivity index (χ0n) is 19.5. The highest BCUT2D eigenvalue weighted by atomic mass is 16.5. The van der Waals surface area contributed by atoms with Gasteiger partial charge in [0.2, 0.25) is 0 Å². The number of rotatable bonds is 8. The fourth-order valence-electron chi connectivity index (χ4n) is 4.82. The van der Waals surface area contributed by atoms with E-state index >= 15 is 0 Å². The highest BCUT2D eigenvalue weighted by Crippen LogP contribution is 2.28. The van der Waals surface area contributed by atoms with Gasteiger partial charge in [0.1, 0.15) is 23.5 Å². The predicted molar refractivity (Wildman–Crippen MR) is 136 cm³/mol. The van der Waals surface area contributed by atoms with Crippen LogP contribution in [0.4, 0.5) is 0 Å². The summed E-state index contributed by atoms with van der Waals surface area (Å²) >= 11 is 0. The zero-order chi connectivity index (χ0) is 24.4. The van der Waals surface area contributed by atoms with Crippen molar-refractivity contribution in [2.75, 3.05) is 13.1 Å². The molecule has 0 aliphatic carbocycles. The number of carboxylic acids is 1. The van der Waals surface area contributed by atoms with E-state index in [1.165, 1.54) is 0 Å². The number of aromatic nitrogens is 2. The van der Waals surface area contributed by atoms with Crippen molar-refractivity contribution in [3.63, 3.8) is 0 Å². The molecule has 1 aliphatic rings. The molecule has 0 unspecified atom stereocenters. The standard InChI is InChI=1S/C27H29N5O3/c28-27(29)22-7-5-17(20-3-1-2-4-21(20)22)16-32-24-15-19(35-18-11-13-30-14-12-18)6-8-23(24)31-25(32)9-10-26(33)34/h1-8,15,18,30H,9-14,16H2,(H3,28,29)(H,33,34). The summed E-state index contributed by atoms with van der Waals surface area (Å²) in [6, 6.07) is 17.7. The Balaban J connectivity index is 1.57. The molecule has 180 valence electrons. The number of amidine groups is 1. The lowest BCUT2D eigenvalue weighted by molar-refractivity contribution is -0.137. The van der Waals surface area contributed by atoms with Crippen LogP contribution >= 0.6 is 0 Å². The van der Waals surface area contributed by atoms with E-state index in [9.17, 15) is 9.90 Å². The van der Waals surface area contributed by atoms with Gasteiger partial charge in [0, 0.05) is 24.6 Å². The number of ether oxygens (including phenoxy) is 1. The van der Waals surface area contributed by atoms with Gasteiger partial charge in [-0.2, -0.15) is 0 Å². The number of nitrogens with zero attached hydrogens (tertiary/aromatic N) is 2. The first-order valence-electron chi connectivity index (χ1n) is 11.9. The van der Waals surface area contributed by atoms with Gasteiger partial charge in [0.05, 0.1) is 17.5 Å². The summed E-state index contributed by atoms with van der Waals surface area (Å²) in [5, 5.41) is 22.5. The van der Waals surface area contributed by atoms with E-state index in [4.69, 9.17) is 20.9 Å². The third kappa shape index (κ3) is 4.83. The molecule has 5 N–H and O–H groups in total. The molecule has 0 bridgehead atoms. The second kappa shape index (κ2) is 9.76. The molecule has 1 fully saturated rings. The minimum Gasteiger partial charge on any atom is -0.490 e. The van der Waals surface area contributed by atoms with Crippen LogP contribution in [0.5, 0.6) is 5.75 Å². The first-order valence-corrected chi connectivity index (χ1v) is 11.9. The lowest BCUT2D eigenvalue weighted by Gasteiger charge is -2.23. The number of carbonyl (C=O) groups is 1. The molecule has 1 aromatic heterocycles. The highest BCUT2D eigenvalue weighted by Gasteiger charge is 2.18. The fraction of sp³-hybridized carbons (Fsp3) is 0.296. The number of nitrogen functional groups attached to an aromatic ring is 1. The molecular formula is C27H29N5O3. The van der Waals surface area contributed by atoms with Gasteiger partial charge in [0.15, 0.2) is 0 Å². The second-order valence-electron chi connectivity index (χ2n) is 8.96. The molecule has 0 atom stereocenters. The topological polar surface area (TPSA) is 126 Å². The van der Waals surface area contributed by atoms with E-state index in [1.807, 2.05) is 54.6 Å². The Morgan fingerprint density at radius 1 is 1.14 bits per heavy atom. The van der Waals surface area contributed by atoms with Crippen molar-refractivity contribution < 1.29 is 14.6 Å². The maximum absolute atomic E-state index is 11.3. The van der Waals surface area contributed by atoms with Crippen LogP contribution in [0.1, 0.15) is 36.2 Å². The van der Waals surface area contributed by atoms with Crippen molar-refractivity contribution in [3.8, 4) is 5.75 Å². The van der Waals surface area contributed by atoms with Crippen LogP contribution in [0.2, 0.25) is 0 Å². The van der Waals surface area contributed by atoms with Gasteiger partial charge in [-0.25, -0.2) is 4.98 Å². The number of fused-ring (bicyclic) bond motifs is 2. The van der Waals surface area contributed by atoms with Crippen molar-refractivity contribution >= 4 is 33.6 Å². The van der Waals surface area contributed by atoms with Crippen molar-refractivity contribution in [2.24, 2.45) is 5.73 Å². The molecule has 0 saturated carbocycles. The number of hydrogen-bond donors (Lipinski definition) is 4. The molecule has 8 nitrogen and oxygen atoms in total. The SMILES string of the molecule is N=C(N)c1ccc(Cn2c(CCC(=O)O)nc3ccc(OC4CCNCC4)cc32)c2ccccc12. The smallest absolute Gasteiger partial charge is 0.303 e. The van der Waals surface area contributed by atoms with Gasteiger partial charge in [-0.3, -0.25) is 10.2 Å². The molecule has 2 heterocycles. The van der Waals surface area contributed by atoms with E-state index in [1.54, 1.807) is 0 Å². The summed E-state index contributed by atoms with van der Waals surface area (Å²) in [5.41, 5.74) is 9.29. The third-order valence-electron chi connectivity index (χ3n) is 6.58. The summed E-state index contributed by atoms with van der Waals surface area (Å²) in [6.07, 6.45) is 2.45. The quantitative estimate of drug-likeness (QED) is 0.229. The van der Waals surface area contributed by atoms with Crippen LogP contribution in [0.25, 0.3) is 21.8 Å². The molecule has 35 heavy (non-hydrogen) atoms. The summed E-state index contributed by atoms with van der Waals surface area (Å²) in [4.78, 5) is 16.1. The number of benzene rings is 3. The normalized spacial score (nSPS) is 14.4. The number of aryl methyl sites for hydroxylation is 1. The Bertz CT molecular complexity index is 1400. The average molecular weight is 472 g/mol. The highest BCUT2D eigenvalue weighted by molar-refractivity contribution is 6.08. The third-order valence-corrected chi connectivity index (χ3v) is 6.58. The molecular weight excluding hydrogens is 442 g/mol. The summed E-state index contributed by atoms with van der Waals surface area (Å²) in [7, 11) is 0. The van der Waals surface area contributed by atoms with Crippen LogP contribution in [0, 0.1) is 5.41 Å². The van der Waals surface area contributed by atoms with E-state index in [2.05, 4.69) is 9.88 Å². The fourth-order valence-corrected chi connectivity index (χ4v) is 4.82. The van der Waals surface area contributed by atoms with Crippen LogP contribution in [-0.2, 0) is 17.8 Å². The van der Waals surface area contributed by atoms with Gasteiger partial charge in [-0.05, 0) is 54.4 Å². The molecule has 3 aromatic carbocycles. The molecule has 4 aromatic rings. The lowest BCUT2D eigenvalue weighted by Crippen LogP contribution is -2.34. The second-order valence-corrected chi connectivity index (χ2v) is 8.96. The molecule has 0 amide bonds. The number of carboxylic acid groups (broad SMARTS) is 1. The first kappa shape index (κ1) is 22.9. The lowest BCUT2D eigenvalue weighted by atomic mass is 9.98. The van der Waals surface area contributed by atoms with Crippen LogP contribution < -0.4 is 15.8 Å². The van der Waals surface area contributed by atoms with Crippen molar-refractivity contribution in [1.29, 1.82) is 5.41 Å². The Labute approximate surface area is 203 Å². The zero-order valence-corrected chi connectivity index (χ0v) is 19.5. The van der Waals surface area contributed by atoms with Crippen molar-refractivity contribution in [3.05, 3.63) is 71.5 Å². The Morgan fingerprint density at radius 3 is 2.66 bits per heavy atom. The average Bonchev–Trinajstić information content (AvgIpc) is 3.20. The van der Waals surface area contributed by atoms with Crippen molar-refractivity contribution in [1.82, 2.24) is 14.9 Å². The molecule has 0 radical (unpaired) electrons. The molecule has 1 saturated heterocycles. The summed E-state index contributed by atoms with van der Waals surface area (Å²) in [6.45, 7) is 2.42. The van der Waals surface area contributed by atoms with Gasteiger partial charge in [0.25, 0.3) is 0 Å². The summed E-state index contributed by atoms with van der Waals surface area (Å²) in [5.74, 6) is 0.700. The number of aliphatic carboxylic acids is 1. The number of imidazole rings is 1. The van der Waals surface area contributed by atoms with Crippen LogP contribution in [0.3, 0.4) is 0 Å². The van der Waals surface area contributed by atoms with E-state index in [0.717, 1.165) is 64.9 Å². The minimum absolute atomic E-state index is 0.00573. The van der Waals surface area contributed by atoms with Crippen LogP contribution in [-0.4, -0.2) is 45.7 Å². The number of nitrogens with one attached hydrogen (secondary N) is 2. The van der Waals surface area contributed by atoms with Gasteiger partial charge >= 0.3 is 5.97 Å². The maximum Gasteiger partial charge on any atom is 0.303 e. The molecule has 0 spiro atoms. The van der Waals surface area contributed by atoms with Crippen molar-refractivity contribution in [2.45, 2.75) is 38.3 Å². The Morgan fingerprint density at radius 2 is 1.91 bits per heavy atom. The number of hydrogen-bond acceptors (Lipinski definition) is 5. The van der Waals surface area contributed by atoms with E-state index in [-0.39, 0.29) is 18.4 Å². The minimum atomic E-state index is -0.852. The number of nitrogens with two attached hydrogens (primary N) is 1. The summed E-state index contributed by atoms with van der Waals surface area (Å²) < 4.78 is 8.36. The van der Waals surface area contributed by atoms with E-state index < -0.39 is 5.97 Å². The maximum atomic E-state index is 11.3. The number of piperidine rings is 1. The van der Waals surface area contributed by atoms with Gasteiger partial charge in [-0.15, -0.1) is 0 Å². The Kier molecular flexibility index (Phi) is 6.37. The van der Waals surface area contributed by atoms with E-state index in [0.29, 0.717) is 18.5 Å². The van der Waals surface area contributed by atoms with Gasteiger partial charge < -0.3 is 25.5 Å².